The molecule has 1 heterocycles. The zero-order valence-electron chi connectivity index (χ0n) is 15.7. The van der Waals surface area contributed by atoms with Crippen LogP contribution in [0, 0.1) is 0 Å². The summed E-state index contributed by atoms with van der Waals surface area (Å²) in [6.45, 7) is 3.19. The Morgan fingerprint density at radius 2 is 1.56 bits per heavy atom. The molecule has 25 heavy (non-hydrogen) atoms. The maximum Gasteiger partial charge on any atom is 0.247 e. The van der Waals surface area contributed by atoms with Crippen LogP contribution in [0.15, 0.2) is 4.99 Å². The first-order valence-corrected chi connectivity index (χ1v) is 10.6. The van der Waals surface area contributed by atoms with E-state index in [1.54, 1.807) is 37.7 Å². The topological polar surface area (TPSA) is 69.6 Å². The number of rotatable bonds is 10. The van der Waals surface area contributed by atoms with Gasteiger partial charge in [0.05, 0.1) is 25.3 Å². The first kappa shape index (κ1) is 22.7. The van der Waals surface area contributed by atoms with Crippen molar-refractivity contribution in [3.8, 4) is 0 Å². The number of thioether (sulfide) groups is 2. The smallest absolute Gasteiger partial charge is 0.247 e. The summed E-state index contributed by atoms with van der Waals surface area (Å²) in [6.07, 6.45) is 5.69. The lowest BCUT2D eigenvalue weighted by atomic mass is 10.2. The van der Waals surface area contributed by atoms with Crippen molar-refractivity contribution in [1.82, 2.24) is 4.90 Å². The number of likely N-dealkylation sites (tertiary alicyclic amines) is 1. The molecule has 0 aliphatic carbocycles. The first-order valence-electron chi connectivity index (χ1n) is 8.20. The van der Waals surface area contributed by atoms with Crippen molar-refractivity contribution in [2.75, 3.05) is 53.5 Å². The van der Waals surface area contributed by atoms with Crippen molar-refractivity contribution >= 4 is 33.8 Å². The van der Waals surface area contributed by atoms with Crippen LogP contribution in [0.5, 0.6) is 0 Å². The highest BCUT2D eigenvalue weighted by atomic mass is 32.2. The zero-order chi connectivity index (χ0) is 18.7. The molecule has 1 aliphatic heterocycles. The molecule has 1 amide bonds. The minimum Gasteiger partial charge on any atom is -0.359 e. The second kappa shape index (κ2) is 12.9. The molecular weight excluding hydrogens is 364 g/mol. The molecule has 0 radical (unpaired) electrons. The number of methoxy groups -OCH3 is 2. The van der Waals surface area contributed by atoms with Gasteiger partial charge in [-0.15, -0.1) is 23.5 Å². The average Bonchev–Trinajstić information content (AvgIpc) is 3.02. The van der Waals surface area contributed by atoms with Crippen molar-refractivity contribution in [3.63, 3.8) is 0 Å². The van der Waals surface area contributed by atoms with Gasteiger partial charge in [-0.05, 0) is 32.3 Å². The number of amides is 1. The summed E-state index contributed by atoms with van der Waals surface area (Å²) in [5.74, 6) is 0.00938. The molecule has 0 unspecified atom stereocenters. The predicted molar refractivity (Wildman–Crippen MR) is 103 cm³/mol. The molecule has 1 rings (SSSR count). The van der Waals surface area contributed by atoms with Crippen molar-refractivity contribution in [1.29, 1.82) is 0 Å². The van der Waals surface area contributed by atoms with Crippen LogP contribution in [0.4, 0.5) is 0 Å². The predicted octanol–water partition coefficient (Wildman–Crippen LogP) is 2.06. The second-order valence-electron chi connectivity index (χ2n) is 5.66. The minimum atomic E-state index is -0.428. The standard InChI is InChI=1S/C16H30N2O5S2/c1-12(17-16(24-4)25-5)15(19)18-13(8-22-10-20-2)6-7-14(18)9-23-11-21-3/h12-14H,6-11H2,1-5H3/t12-,13-,14-/m0/s1. The minimum absolute atomic E-state index is 0.00938. The van der Waals surface area contributed by atoms with E-state index in [0.29, 0.717) is 13.2 Å². The van der Waals surface area contributed by atoms with E-state index in [1.165, 1.54) is 0 Å². The van der Waals surface area contributed by atoms with Gasteiger partial charge in [-0.25, -0.2) is 0 Å². The van der Waals surface area contributed by atoms with Crippen LogP contribution < -0.4 is 0 Å². The normalized spacial score (nSPS) is 21.4. The third kappa shape index (κ3) is 7.44. The Morgan fingerprint density at radius 3 is 1.96 bits per heavy atom. The lowest BCUT2D eigenvalue weighted by Gasteiger charge is -2.31. The Bertz CT molecular complexity index is 401. The van der Waals surface area contributed by atoms with E-state index in [0.717, 1.165) is 17.2 Å². The third-order valence-electron chi connectivity index (χ3n) is 3.90. The average molecular weight is 395 g/mol. The molecule has 9 heteroatoms. The summed E-state index contributed by atoms with van der Waals surface area (Å²) >= 11 is 3.11. The van der Waals surface area contributed by atoms with Crippen LogP contribution in [0.1, 0.15) is 19.8 Å². The van der Waals surface area contributed by atoms with Crippen LogP contribution in [-0.4, -0.2) is 86.8 Å². The molecule has 0 N–H and O–H groups in total. The van der Waals surface area contributed by atoms with Gasteiger partial charge in [0.25, 0.3) is 0 Å². The molecule has 1 saturated heterocycles. The Balaban J connectivity index is 2.81. The molecule has 1 aliphatic rings. The molecule has 0 bridgehead atoms. The summed E-state index contributed by atoms with van der Waals surface area (Å²) in [6, 6.07) is -0.394. The molecule has 7 nitrogen and oxygen atoms in total. The van der Waals surface area contributed by atoms with E-state index in [2.05, 4.69) is 4.99 Å². The first-order chi connectivity index (χ1) is 12.1. The fraction of sp³-hybridized carbons (Fsp3) is 0.875. The largest absolute Gasteiger partial charge is 0.359 e. The van der Waals surface area contributed by atoms with E-state index in [-0.39, 0.29) is 31.6 Å². The lowest BCUT2D eigenvalue weighted by molar-refractivity contribution is -0.140. The van der Waals surface area contributed by atoms with Gasteiger partial charge in [-0.1, -0.05) is 0 Å². The Hall–Kier alpha value is -0.320. The number of ether oxygens (including phenoxy) is 4. The maximum absolute atomic E-state index is 13.0. The summed E-state index contributed by atoms with van der Waals surface area (Å²) in [5.41, 5.74) is 0. The van der Waals surface area contributed by atoms with Crippen molar-refractivity contribution in [2.24, 2.45) is 4.99 Å². The molecule has 0 aromatic carbocycles. The third-order valence-corrected chi connectivity index (χ3v) is 5.81. The molecule has 0 spiro atoms. The van der Waals surface area contributed by atoms with Crippen molar-refractivity contribution in [2.45, 2.75) is 37.9 Å². The van der Waals surface area contributed by atoms with E-state index in [1.807, 2.05) is 24.3 Å². The fourth-order valence-corrected chi connectivity index (χ4v) is 3.99. The van der Waals surface area contributed by atoms with E-state index in [9.17, 15) is 4.79 Å². The molecule has 146 valence electrons. The molecule has 3 atom stereocenters. The van der Waals surface area contributed by atoms with Crippen LogP contribution >= 0.6 is 23.5 Å². The summed E-state index contributed by atoms with van der Waals surface area (Å²) in [5, 5.41) is 0. The highest BCUT2D eigenvalue weighted by molar-refractivity contribution is 8.38. The van der Waals surface area contributed by atoms with Crippen molar-refractivity contribution < 1.29 is 23.7 Å². The summed E-state index contributed by atoms with van der Waals surface area (Å²) in [7, 11) is 3.17. The molecule has 0 saturated carbocycles. The maximum atomic E-state index is 13.0. The van der Waals surface area contributed by atoms with Gasteiger partial charge in [-0.3, -0.25) is 9.79 Å². The molecule has 0 aromatic heterocycles. The van der Waals surface area contributed by atoms with Gasteiger partial charge in [0, 0.05) is 14.2 Å². The van der Waals surface area contributed by atoms with Crippen LogP contribution in [0.2, 0.25) is 0 Å². The summed E-state index contributed by atoms with van der Waals surface area (Å²) in [4.78, 5) is 19.5. The van der Waals surface area contributed by atoms with Crippen LogP contribution in [-0.2, 0) is 23.7 Å². The van der Waals surface area contributed by atoms with Gasteiger partial charge in [0.2, 0.25) is 5.91 Å². The number of hydrogen-bond acceptors (Lipinski definition) is 8. The lowest BCUT2D eigenvalue weighted by Crippen LogP contribution is -2.48. The van der Waals surface area contributed by atoms with E-state index >= 15 is 0 Å². The van der Waals surface area contributed by atoms with Gasteiger partial charge in [0.15, 0.2) is 0 Å². The second-order valence-corrected chi connectivity index (χ2v) is 7.51. The molecule has 1 fully saturated rings. The molecular formula is C16H30N2O5S2. The van der Waals surface area contributed by atoms with E-state index < -0.39 is 6.04 Å². The number of hydrogen-bond donors (Lipinski definition) is 0. The van der Waals surface area contributed by atoms with Gasteiger partial charge < -0.3 is 23.8 Å². The Labute approximate surface area is 159 Å². The Morgan fingerprint density at radius 1 is 1.08 bits per heavy atom. The number of carbonyl (C=O) groups excluding carboxylic acids is 1. The highest BCUT2D eigenvalue weighted by Gasteiger charge is 2.38. The SMILES string of the molecule is COCOC[C@@H]1CC[C@@H](COCOC)N1C(=O)[C@H](C)N=C(SC)SC. The fourth-order valence-electron chi connectivity index (χ4n) is 2.80. The van der Waals surface area contributed by atoms with E-state index in [4.69, 9.17) is 18.9 Å². The zero-order valence-corrected chi connectivity index (χ0v) is 17.4. The monoisotopic (exact) mass is 394 g/mol. The van der Waals surface area contributed by atoms with Crippen LogP contribution in [0.25, 0.3) is 0 Å². The van der Waals surface area contributed by atoms with Gasteiger partial charge in [-0.2, -0.15) is 0 Å². The van der Waals surface area contributed by atoms with Gasteiger partial charge in [0.1, 0.15) is 24.0 Å². The number of carbonyl (C=O) groups is 1. The number of aliphatic imine (C=N–C) groups is 1. The highest BCUT2D eigenvalue weighted by Crippen LogP contribution is 2.27. The quantitative estimate of drug-likeness (QED) is 0.243. The van der Waals surface area contributed by atoms with Gasteiger partial charge >= 0.3 is 0 Å². The number of nitrogens with zero attached hydrogens (tertiary/aromatic N) is 2. The van der Waals surface area contributed by atoms with Crippen molar-refractivity contribution in [3.05, 3.63) is 0 Å². The molecule has 0 aromatic rings. The van der Waals surface area contributed by atoms with Crippen LogP contribution in [0.3, 0.4) is 0 Å². The Kier molecular flexibility index (Phi) is 11.8. The summed E-state index contributed by atoms with van der Waals surface area (Å²) < 4.78 is 21.8.